The number of Topliss-reactive ketones (excluding diaryl/α,β-unsaturated/α-hetero) is 1. The summed E-state index contributed by atoms with van der Waals surface area (Å²) >= 11 is 0. The number of carbonyl (C=O) groups is 6. The Hall–Kier alpha value is -4.21. The zero-order valence-corrected chi connectivity index (χ0v) is 36.1. The molecule has 322 valence electrons. The van der Waals surface area contributed by atoms with E-state index in [1.54, 1.807) is 46.4 Å². The number of benzene rings is 1. The predicted octanol–water partition coefficient (Wildman–Crippen LogP) is 3.91. The van der Waals surface area contributed by atoms with Gasteiger partial charge < -0.3 is 35.8 Å². The third-order valence-electron chi connectivity index (χ3n) is 11.8. The molecule has 4 aliphatic rings. The molecule has 6 amide bonds. The van der Waals surface area contributed by atoms with Crippen LogP contribution >= 0.6 is 0 Å². The van der Waals surface area contributed by atoms with Crippen LogP contribution in [-0.4, -0.2) is 113 Å². The average molecular weight is 829 g/mol. The molecule has 3 fully saturated rings. The Balaban J connectivity index is 1.37. The van der Waals surface area contributed by atoms with Crippen molar-refractivity contribution in [2.24, 2.45) is 5.41 Å². The number of rotatable bonds is 13. The summed E-state index contributed by atoms with van der Waals surface area (Å²) in [4.78, 5) is 85.3. The number of amides is 6. The molecule has 58 heavy (non-hydrogen) atoms. The SMILES string of the molecule is CCCC(NC(=O)[C@@H]1C[C@@H](OC(=O)N2CCc3ccccc3C2)CN1C(=O)[C@@H](NC(=O)NC1(CS(=O)(=O)C(C)(C)C)CCCCC1)C(C)(C)C)C(=O)C(=O)NC1CC1. The van der Waals surface area contributed by atoms with Crippen LogP contribution in [0.2, 0.25) is 0 Å². The normalized spacial score (nSPS) is 21.8. The van der Waals surface area contributed by atoms with Gasteiger partial charge in [0.1, 0.15) is 18.2 Å². The highest BCUT2D eigenvalue weighted by Crippen LogP contribution is 2.33. The maximum absolute atomic E-state index is 14.8. The average Bonchev–Trinajstić information content (AvgIpc) is 3.87. The summed E-state index contributed by atoms with van der Waals surface area (Å²) in [6, 6.07) is 3.54. The molecule has 1 aromatic carbocycles. The number of nitrogens with zero attached hydrogens (tertiary/aromatic N) is 2. The topological polar surface area (TPSA) is 200 Å². The van der Waals surface area contributed by atoms with Crippen LogP contribution in [0.5, 0.6) is 0 Å². The first-order chi connectivity index (χ1) is 27.1. The van der Waals surface area contributed by atoms with Gasteiger partial charge in [-0.05, 0) is 75.8 Å². The summed E-state index contributed by atoms with van der Waals surface area (Å²) in [6.45, 7) is 12.6. The maximum atomic E-state index is 14.8. The van der Waals surface area contributed by atoms with E-state index in [-0.39, 0.29) is 31.2 Å². The molecule has 0 bridgehead atoms. The zero-order chi connectivity index (χ0) is 42.6. The van der Waals surface area contributed by atoms with Crippen molar-refractivity contribution in [1.29, 1.82) is 0 Å². The number of hydrogen-bond acceptors (Lipinski definition) is 9. The fourth-order valence-electron chi connectivity index (χ4n) is 8.05. The van der Waals surface area contributed by atoms with Gasteiger partial charge in [-0.25, -0.2) is 18.0 Å². The lowest BCUT2D eigenvalue weighted by Crippen LogP contribution is -2.63. The largest absolute Gasteiger partial charge is 0.444 e. The van der Waals surface area contributed by atoms with Gasteiger partial charge in [0.2, 0.25) is 17.6 Å². The number of likely N-dealkylation sites (tertiary alicyclic amines) is 1. The van der Waals surface area contributed by atoms with E-state index in [1.807, 2.05) is 31.2 Å². The number of fused-ring (bicyclic) bond motifs is 1. The van der Waals surface area contributed by atoms with Gasteiger partial charge in [-0.1, -0.05) is 77.6 Å². The van der Waals surface area contributed by atoms with E-state index in [1.165, 1.54) is 4.90 Å². The minimum atomic E-state index is -3.63. The number of ketones is 1. The van der Waals surface area contributed by atoms with Crippen LogP contribution in [0.1, 0.15) is 124 Å². The zero-order valence-electron chi connectivity index (χ0n) is 35.3. The molecule has 2 saturated carbocycles. The third kappa shape index (κ3) is 11.1. The Morgan fingerprint density at radius 2 is 1.59 bits per heavy atom. The molecule has 16 heteroatoms. The molecule has 15 nitrogen and oxygen atoms in total. The van der Waals surface area contributed by atoms with Crippen LogP contribution in [-0.2, 0) is 46.7 Å². The molecule has 0 radical (unpaired) electrons. The Morgan fingerprint density at radius 3 is 2.19 bits per heavy atom. The second kappa shape index (κ2) is 18.0. The highest BCUT2D eigenvalue weighted by atomic mass is 32.2. The molecule has 1 unspecified atom stereocenters. The van der Waals surface area contributed by atoms with Crippen molar-refractivity contribution >= 4 is 45.5 Å². The first kappa shape index (κ1) is 44.9. The van der Waals surface area contributed by atoms with Crippen LogP contribution in [0.25, 0.3) is 0 Å². The Kier molecular flexibility index (Phi) is 13.9. The van der Waals surface area contributed by atoms with E-state index in [0.717, 1.165) is 43.2 Å². The first-order valence-electron chi connectivity index (χ1n) is 20.9. The van der Waals surface area contributed by atoms with Crippen LogP contribution in [0.4, 0.5) is 9.59 Å². The van der Waals surface area contributed by atoms with E-state index in [2.05, 4.69) is 21.3 Å². The Labute approximate surface area is 343 Å². The molecule has 0 spiro atoms. The summed E-state index contributed by atoms with van der Waals surface area (Å²) in [5.41, 5.74) is 0.228. The fourth-order valence-corrected chi connectivity index (χ4v) is 9.57. The first-order valence-corrected chi connectivity index (χ1v) is 22.6. The second-order valence-corrected chi connectivity index (χ2v) is 21.5. The standard InChI is InChI=1S/C42H64N6O9S/c1-8-14-31(33(49)36(51)43-29-17-18-29)44-35(50)32-23-30(57-39(54)47-22-19-27-15-10-11-16-28(27)24-47)25-48(32)37(52)34(40(2,3)4)45-38(53)46-42(20-12-9-13-21-42)26-58(55,56)41(5,6)7/h10-11,15-16,29-32,34H,8-9,12-14,17-26H2,1-7H3,(H,43,51)(H,44,50)(H2,45,46,53)/t30-,31?,32+,34-/m1/s1. The second-order valence-electron chi connectivity index (χ2n) is 18.8. The van der Waals surface area contributed by atoms with Crippen LogP contribution in [0.3, 0.4) is 0 Å². The minimum absolute atomic E-state index is 0.0592. The molecule has 4 atom stereocenters. The summed E-state index contributed by atoms with van der Waals surface area (Å²) in [5, 5.41) is 11.2. The molecular weight excluding hydrogens is 765 g/mol. The highest BCUT2D eigenvalue weighted by Gasteiger charge is 2.48. The van der Waals surface area contributed by atoms with Gasteiger partial charge in [-0.2, -0.15) is 0 Å². The summed E-state index contributed by atoms with van der Waals surface area (Å²) in [7, 11) is -3.63. The van der Waals surface area contributed by atoms with E-state index in [0.29, 0.717) is 38.8 Å². The molecular formula is C42H64N6O9S. The summed E-state index contributed by atoms with van der Waals surface area (Å²) in [6.07, 6.45) is 4.64. The number of sulfone groups is 1. The molecule has 4 N–H and O–H groups in total. The van der Waals surface area contributed by atoms with E-state index in [9.17, 15) is 37.2 Å². The van der Waals surface area contributed by atoms with E-state index in [4.69, 9.17) is 4.74 Å². The van der Waals surface area contributed by atoms with E-state index >= 15 is 0 Å². The van der Waals surface area contributed by atoms with Crippen molar-refractivity contribution in [3.63, 3.8) is 0 Å². The molecule has 2 heterocycles. The quantitative estimate of drug-likeness (QED) is 0.213. The van der Waals surface area contributed by atoms with Crippen molar-refractivity contribution in [3.05, 3.63) is 35.4 Å². The van der Waals surface area contributed by atoms with Crippen molar-refractivity contribution in [2.45, 2.75) is 166 Å². The van der Waals surface area contributed by atoms with Gasteiger partial charge in [0.15, 0.2) is 9.84 Å². The van der Waals surface area contributed by atoms with Gasteiger partial charge in [0.25, 0.3) is 5.91 Å². The van der Waals surface area contributed by atoms with Gasteiger partial charge in [0.05, 0.1) is 28.6 Å². The number of hydrogen-bond donors (Lipinski definition) is 4. The highest BCUT2D eigenvalue weighted by molar-refractivity contribution is 7.92. The number of ether oxygens (including phenoxy) is 1. The van der Waals surface area contributed by atoms with Gasteiger partial charge in [0, 0.05) is 25.6 Å². The lowest BCUT2D eigenvalue weighted by molar-refractivity contribution is -0.144. The minimum Gasteiger partial charge on any atom is -0.444 e. The summed E-state index contributed by atoms with van der Waals surface area (Å²) < 4.78 is 31.8. The predicted molar refractivity (Wildman–Crippen MR) is 218 cm³/mol. The van der Waals surface area contributed by atoms with Crippen molar-refractivity contribution in [2.75, 3.05) is 18.8 Å². The maximum Gasteiger partial charge on any atom is 0.410 e. The van der Waals surface area contributed by atoms with Crippen molar-refractivity contribution in [3.8, 4) is 0 Å². The number of carbonyl (C=O) groups excluding carboxylic acids is 6. The molecule has 2 aliphatic heterocycles. The van der Waals surface area contributed by atoms with Gasteiger partial charge in [-0.15, -0.1) is 0 Å². The van der Waals surface area contributed by atoms with Crippen LogP contribution in [0.15, 0.2) is 24.3 Å². The van der Waals surface area contributed by atoms with Crippen molar-refractivity contribution < 1.29 is 41.9 Å². The summed E-state index contributed by atoms with van der Waals surface area (Å²) in [5.74, 6) is -3.09. The lowest BCUT2D eigenvalue weighted by atomic mass is 9.83. The van der Waals surface area contributed by atoms with Gasteiger partial charge >= 0.3 is 12.1 Å². The third-order valence-corrected chi connectivity index (χ3v) is 14.6. The van der Waals surface area contributed by atoms with Gasteiger partial charge in [-0.3, -0.25) is 19.2 Å². The Bertz CT molecular complexity index is 1830. The number of urea groups is 1. The monoisotopic (exact) mass is 828 g/mol. The molecule has 1 aromatic rings. The molecule has 1 saturated heterocycles. The van der Waals surface area contributed by atoms with Crippen LogP contribution in [0, 0.1) is 5.41 Å². The van der Waals surface area contributed by atoms with Crippen molar-refractivity contribution in [1.82, 2.24) is 31.1 Å². The molecule has 5 rings (SSSR count). The van der Waals surface area contributed by atoms with E-state index < -0.39 is 85.4 Å². The Morgan fingerprint density at radius 1 is 0.931 bits per heavy atom. The molecule has 2 aliphatic carbocycles. The lowest BCUT2D eigenvalue weighted by Gasteiger charge is -2.41. The fraction of sp³-hybridized carbons (Fsp3) is 0.714. The smallest absolute Gasteiger partial charge is 0.410 e. The number of nitrogens with one attached hydrogen (secondary N) is 4. The molecule has 0 aromatic heterocycles. The van der Waals surface area contributed by atoms with Crippen LogP contribution < -0.4 is 21.3 Å².